The molecule has 96 valence electrons. The molecule has 0 saturated heterocycles. The van der Waals surface area contributed by atoms with Gasteiger partial charge in [0.15, 0.2) is 0 Å². The summed E-state index contributed by atoms with van der Waals surface area (Å²) < 4.78 is 5.24. The fraction of sp³-hybridized carbons (Fsp3) is 0.636. The number of likely N-dealkylation sites (N-methyl/N-ethyl adjacent to an activating group) is 1. The molecule has 3 N–H and O–H groups in total. The maximum absolute atomic E-state index is 8.61. The van der Waals surface area contributed by atoms with Crippen molar-refractivity contribution in [1.29, 1.82) is 0 Å². The molecule has 0 aliphatic rings. The van der Waals surface area contributed by atoms with E-state index < -0.39 is 0 Å². The van der Waals surface area contributed by atoms with Crippen LogP contribution in [-0.2, 0) is 11.3 Å². The number of rotatable bonds is 8. The van der Waals surface area contributed by atoms with Gasteiger partial charge in [0, 0.05) is 31.4 Å². The van der Waals surface area contributed by atoms with Crippen LogP contribution >= 0.6 is 0 Å². The van der Waals surface area contributed by atoms with E-state index in [4.69, 9.17) is 15.6 Å². The average molecular weight is 240 g/mol. The predicted octanol–water partition coefficient (Wildman–Crippen LogP) is -0.229. The van der Waals surface area contributed by atoms with E-state index >= 15 is 0 Å². The SMILES string of the molecule is CCN(CCOCCO)c1ncncc1CN. The zero-order valence-corrected chi connectivity index (χ0v) is 10.2. The standard InChI is InChI=1S/C11H20N4O2/c1-2-15(3-5-17-6-4-16)11-10(7-12)8-13-9-14-11/h8-9,16H,2-7,12H2,1H3. The number of hydrogen-bond donors (Lipinski definition) is 2. The Morgan fingerprint density at radius 1 is 1.47 bits per heavy atom. The number of hydrogen-bond acceptors (Lipinski definition) is 6. The molecule has 0 aliphatic carbocycles. The summed E-state index contributed by atoms with van der Waals surface area (Å²) in [5.41, 5.74) is 6.58. The molecule has 1 aromatic heterocycles. The van der Waals surface area contributed by atoms with E-state index in [-0.39, 0.29) is 6.61 Å². The summed E-state index contributed by atoms with van der Waals surface area (Å²) in [7, 11) is 0. The molecule has 1 rings (SSSR count). The van der Waals surface area contributed by atoms with Gasteiger partial charge in [-0.1, -0.05) is 0 Å². The van der Waals surface area contributed by atoms with Crippen LogP contribution in [0, 0.1) is 0 Å². The van der Waals surface area contributed by atoms with Crippen molar-refractivity contribution in [3.63, 3.8) is 0 Å². The van der Waals surface area contributed by atoms with Crippen molar-refractivity contribution in [2.45, 2.75) is 13.5 Å². The maximum atomic E-state index is 8.61. The quantitative estimate of drug-likeness (QED) is 0.611. The van der Waals surface area contributed by atoms with Crippen LogP contribution in [0.25, 0.3) is 0 Å². The molecule has 0 radical (unpaired) electrons. The number of aromatic nitrogens is 2. The van der Waals surface area contributed by atoms with E-state index in [2.05, 4.69) is 21.8 Å². The highest BCUT2D eigenvalue weighted by molar-refractivity contribution is 5.45. The van der Waals surface area contributed by atoms with Gasteiger partial charge in [0.25, 0.3) is 0 Å². The van der Waals surface area contributed by atoms with Crippen LogP contribution < -0.4 is 10.6 Å². The third-order valence-corrected chi connectivity index (χ3v) is 2.41. The number of anilines is 1. The van der Waals surface area contributed by atoms with Crippen molar-refractivity contribution >= 4 is 5.82 Å². The summed E-state index contributed by atoms with van der Waals surface area (Å²) in [4.78, 5) is 10.3. The number of ether oxygens (including phenoxy) is 1. The summed E-state index contributed by atoms with van der Waals surface area (Å²) in [5.74, 6) is 0.859. The van der Waals surface area contributed by atoms with Gasteiger partial charge in [-0.3, -0.25) is 0 Å². The molecule has 0 bridgehead atoms. The second-order valence-electron chi connectivity index (χ2n) is 3.49. The summed E-state index contributed by atoms with van der Waals surface area (Å²) in [5, 5.41) is 8.61. The van der Waals surface area contributed by atoms with Gasteiger partial charge in [0.1, 0.15) is 12.1 Å². The summed E-state index contributed by atoms with van der Waals surface area (Å²) >= 11 is 0. The molecule has 17 heavy (non-hydrogen) atoms. The smallest absolute Gasteiger partial charge is 0.136 e. The van der Waals surface area contributed by atoms with Crippen LogP contribution in [0.2, 0.25) is 0 Å². The maximum Gasteiger partial charge on any atom is 0.136 e. The lowest BCUT2D eigenvalue weighted by molar-refractivity contribution is 0.0967. The molecule has 0 aliphatic heterocycles. The van der Waals surface area contributed by atoms with E-state index in [1.54, 1.807) is 6.20 Å². The van der Waals surface area contributed by atoms with Crippen LogP contribution in [0.3, 0.4) is 0 Å². The first-order chi connectivity index (χ1) is 8.33. The summed E-state index contributed by atoms with van der Waals surface area (Å²) in [6.45, 7) is 4.99. The Labute approximate surface area is 101 Å². The van der Waals surface area contributed by atoms with Crippen molar-refractivity contribution in [1.82, 2.24) is 9.97 Å². The van der Waals surface area contributed by atoms with Crippen LogP contribution in [0.5, 0.6) is 0 Å². The Bertz CT molecular complexity index is 322. The molecule has 6 nitrogen and oxygen atoms in total. The minimum atomic E-state index is 0.0493. The first-order valence-corrected chi connectivity index (χ1v) is 5.76. The Kier molecular flexibility index (Phi) is 6.46. The van der Waals surface area contributed by atoms with Gasteiger partial charge < -0.3 is 20.5 Å². The molecule has 0 fully saturated rings. The highest BCUT2D eigenvalue weighted by Crippen LogP contribution is 2.14. The van der Waals surface area contributed by atoms with E-state index in [0.29, 0.717) is 19.8 Å². The molecule has 6 heteroatoms. The van der Waals surface area contributed by atoms with E-state index in [1.807, 2.05) is 0 Å². The Morgan fingerprint density at radius 3 is 2.94 bits per heavy atom. The first kappa shape index (κ1) is 13.8. The third-order valence-electron chi connectivity index (χ3n) is 2.41. The highest BCUT2D eigenvalue weighted by atomic mass is 16.5. The Balaban J connectivity index is 2.59. The van der Waals surface area contributed by atoms with Gasteiger partial charge >= 0.3 is 0 Å². The van der Waals surface area contributed by atoms with E-state index in [1.165, 1.54) is 6.33 Å². The van der Waals surface area contributed by atoms with Crippen molar-refractivity contribution in [2.24, 2.45) is 5.73 Å². The normalized spacial score (nSPS) is 10.5. The summed E-state index contributed by atoms with van der Waals surface area (Å²) in [6, 6.07) is 0. The second kappa shape index (κ2) is 7.94. The molecular weight excluding hydrogens is 220 g/mol. The molecule has 1 heterocycles. The Hall–Kier alpha value is -1.24. The van der Waals surface area contributed by atoms with Crippen molar-refractivity contribution in [3.8, 4) is 0 Å². The molecule has 0 atom stereocenters. The van der Waals surface area contributed by atoms with E-state index in [0.717, 1.165) is 24.5 Å². The van der Waals surface area contributed by atoms with Gasteiger partial charge in [-0.2, -0.15) is 0 Å². The van der Waals surface area contributed by atoms with Crippen molar-refractivity contribution in [2.75, 3.05) is 37.8 Å². The van der Waals surface area contributed by atoms with Gasteiger partial charge in [0.2, 0.25) is 0 Å². The number of nitrogens with zero attached hydrogens (tertiary/aromatic N) is 3. The topological polar surface area (TPSA) is 84.5 Å². The third kappa shape index (κ3) is 4.26. The minimum absolute atomic E-state index is 0.0493. The number of aliphatic hydroxyl groups is 1. The molecular formula is C11H20N4O2. The van der Waals surface area contributed by atoms with Crippen LogP contribution in [0.1, 0.15) is 12.5 Å². The second-order valence-corrected chi connectivity index (χ2v) is 3.49. The monoisotopic (exact) mass is 240 g/mol. The minimum Gasteiger partial charge on any atom is -0.394 e. The number of aliphatic hydroxyl groups excluding tert-OH is 1. The molecule has 1 aromatic rings. The lowest BCUT2D eigenvalue weighted by Gasteiger charge is -2.23. The fourth-order valence-electron chi connectivity index (χ4n) is 1.54. The first-order valence-electron chi connectivity index (χ1n) is 5.76. The van der Waals surface area contributed by atoms with Crippen molar-refractivity contribution in [3.05, 3.63) is 18.1 Å². The lowest BCUT2D eigenvalue weighted by atomic mass is 10.3. The average Bonchev–Trinajstić information content (AvgIpc) is 2.39. The fourth-order valence-corrected chi connectivity index (χ4v) is 1.54. The van der Waals surface area contributed by atoms with Gasteiger partial charge in [-0.25, -0.2) is 9.97 Å². The van der Waals surface area contributed by atoms with Gasteiger partial charge in [-0.05, 0) is 6.92 Å². The van der Waals surface area contributed by atoms with Crippen LogP contribution in [-0.4, -0.2) is 48.0 Å². The zero-order valence-electron chi connectivity index (χ0n) is 10.2. The molecule has 0 amide bonds. The highest BCUT2D eigenvalue weighted by Gasteiger charge is 2.10. The molecule has 0 unspecified atom stereocenters. The molecule has 0 spiro atoms. The van der Waals surface area contributed by atoms with Crippen LogP contribution in [0.4, 0.5) is 5.82 Å². The largest absolute Gasteiger partial charge is 0.394 e. The van der Waals surface area contributed by atoms with Crippen LogP contribution in [0.15, 0.2) is 12.5 Å². The lowest BCUT2D eigenvalue weighted by Crippen LogP contribution is -2.29. The van der Waals surface area contributed by atoms with Gasteiger partial charge in [-0.15, -0.1) is 0 Å². The Morgan fingerprint density at radius 2 is 2.29 bits per heavy atom. The molecule has 0 saturated carbocycles. The molecule has 0 aromatic carbocycles. The zero-order chi connectivity index (χ0) is 12.5. The predicted molar refractivity (Wildman–Crippen MR) is 65.7 cm³/mol. The van der Waals surface area contributed by atoms with E-state index in [9.17, 15) is 0 Å². The van der Waals surface area contributed by atoms with Crippen molar-refractivity contribution < 1.29 is 9.84 Å². The number of nitrogens with two attached hydrogens (primary N) is 1. The van der Waals surface area contributed by atoms with Gasteiger partial charge in [0.05, 0.1) is 19.8 Å². The summed E-state index contributed by atoms with van der Waals surface area (Å²) in [6.07, 6.45) is 3.26.